The molecule has 2 fully saturated rings. The first-order valence-corrected chi connectivity index (χ1v) is 15.5. The highest BCUT2D eigenvalue weighted by Crippen LogP contribution is 2.38. The standard InChI is InChI=1S/C32H53NO3/c1-3-5-7-8-9-11-26-12-14-27(15-13-26)16-17-28-18-20-29(21-19-28)32(34)36-30-22-23-31(33-25-30)35-24-10-6-4-2/h22-23,25-29H,3-21,24H2,1-2H3/t26-,27-,28-,29-. The van der Waals surface area contributed by atoms with Gasteiger partial charge in [-0.3, -0.25) is 4.79 Å². The molecule has 3 rings (SSSR count). The molecule has 0 aromatic carbocycles. The Morgan fingerprint density at radius 1 is 0.750 bits per heavy atom. The normalized spacial score (nSPS) is 24.4. The van der Waals surface area contributed by atoms with E-state index in [2.05, 4.69) is 18.8 Å². The lowest BCUT2D eigenvalue weighted by molar-refractivity contribution is -0.140. The molecule has 0 amide bonds. The number of aromatic nitrogens is 1. The SMILES string of the molecule is CCCCCCC[C@H]1CC[C@H](CC[C@H]2CC[C@H](C(=O)Oc3ccc(OCCCCC)nc3)CC2)CC1. The van der Waals surface area contributed by atoms with Crippen LogP contribution in [0.1, 0.15) is 136 Å². The Morgan fingerprint density at radius 3 is 1.94 bits per heavy atom. The molecule has 36 heavy (non-hydrogen) atoms. The highest BCUT2D eigenvalue weighted by atomic mass is 16.5. The van der Waals surface area contributed by atoms with Crippen LogP contribution in [0.15, 0.2) is 18.3 Å². The first kappa shape index (κ1) is 29.0. The Morgan fingerprint density at radius 2 is 1.33 bits per heavy atom. The number of carbonyl (C=O) groups is 1. The lowest BCUT2D eigenvalue weighted by atomic mass is 9.75. The summed E-state index contributed by atoms with van der Waals surface area (Å²) in [5.41, 5.74) is 0. The Bertz CT molecular complexity index is 703. The third kappa shape index (κ3) is 10.8. The molecular formula is C32H53NO3. The van der Waals surface area contributed by atoms with E-state index < -0.39 is 0 Å². The van der Waals surface area contributed by atoms with Crippen molar-refractivity contribution in [3.05, 3.63) is 18.3 Å². The predicted octanol–water partition coefficient (Wildman–Crippen LogP) is 9.31. The van der Waals surface area contributed by atoms with Crippen molar-refractivity contribution >= 4 is 5.97 Å². The van der Waals surface area contributed by atoms with E-state index in [1.165, 1.54) is 96.3 Å². The van der Waals surface area contributed by atoms with Crippen LogP contribution in [-0.2, 0) is 4.79 Å². The summed E-state index contributed by atoms with van der Waals surface area (Å²) in [4.78, 5) is 17.0. The number of unbranched alkanes of at least 4 members (excludes halogenated alkanes) is 6. The van der Waals surface area contributed by atoms with Crippen LogP contribution < -0.4 is 9.47 Å². The maximum atomic E-state index is 12.7. The van der Waals surface area contributed by atoms with Gasteiger partial charge in [0.2, 0.25) is 5.88 Å². The summed E-state index contributed by atoms with van der Waals surface area (Å²) >= 11 is 0. The minimum Gasteiger partial charge on any atom is -0.478 e. The molecule has 0 bridgehead atoms. The summed E-state index contributed by atoms with van der Waals surface area (Å²) in [6, 6.07) is 3.60. The minimum atomic E-state index is -0.0834. The molecule has 2 saturated carbocycles. The van der Waals surface area contributed by atoms with Gasteiger partial charge in [0.1, 0.15) is 5.75 Å². The number of carbonyl (C=O) groups excluding carboxylic acids is 1. The van der Waals surface area contributed by atoms with Crippen molar-refractivity contribution in [2.24, 2.45) is 23.7 Å². The number of nitrogens with zero attached hydrogens (tertiary/aromatic N) is 1. The first-order chi connectivity index (χ1) is 17.7. The van der Waals surface area contributed by atoms with Gasteiger partial charge >= 0.3 is 5.97 Å². The quantitative estimate of drug-likeness (QED) is 0.168. The average molecular weight is 500 g/mol. The fraction of sp³-hybridized carbons (Fsp3) is 0.812. The van der Waals surface area contributed by atoms with Crippen molar-refractivity contribution in [1.29, 1.82) is 0 Å². The third-order valence-electron chi connectivity index (χ3n) is 8.77. The molecule has 0 N–H and O–H groups in total. The van der Waals surface area contributed by atoms with E-state index in [-0.39, 0.29) is 11.9 Å². The summed E-state index contributed by atoms with van der Waals surface area (Å²) in [6.07, 6.45) is 26.5. The average Bonchev–Trinajstić information content (AvgIpc) is 2.91. The summed E-state index contributed by atoms with van der Waals surface area (Å²) in [5.74, 6) is 3.85. The Balaban J connectivity index is 1.25. The lowest BCUT2D eigenvalue weighted by Crippen LogP contribution is -2.26. The van der Waals surface area contributed by atoms with Gasteiger partial charge in [0.25, 0.3) is 0 Å². The van der Waals surface area contributed by atoms with E-state index in [0.29, 0.717) is 18.2 Å². The van der Waals surface area contributed by atoms with Crippen LogP contribution in [0.5, 0.6) is 11.6 Å². The van der Waals surface area contributed by atoms with Gasteiger partial charge in [-0.25, -0.2) is 4.98 Å². The zero-order valence-electron chi connectivity index (χ0n) is 23.4. The Hall–Kier alpha value is -1.58. The second kappa shape index (κ2) is 17.0. The zero-order chi connectivity index (χ0) is 25.4. The van der Waals surface area contributed by atoms with Crippen LogP contribution in [0, 0.1) is 23.7 Å². The van der Waals surface area contributed by atoms with E-state index in [0.717, 1.165) is 43.4 Å². The van der Waals surface area contributed by atoms with E-state index in [1.54, 1.807) is 18.3 Å². The van der Waals surface area contributed by atoms with Crippen LogP contribution in [-0.4, -0.2) is 17.6 Å². The Kier molecular flexibility index (Phi) is 13.7. The van der Waals surface area contributed by atoms with E-state index in [4.69, 9.17) is 9.47 Å². The van der Waals surface area contributed by atoms with E-state index >= 15 is 0 Å². The van der Waals surface area contributed by atoms with Gasteiger partial charge in [0.05, 0.1) is 18.7 Å². The monoisotopic (exact) mass is 499 g/mol. The third-order valence-corrected chi connectivity index (χ3v) is 8.77. The number of rotatable bonds is 16. The van der Waals surface area contributed by atoms with Crippen molar-refractivity contribution in [2.75, 3.05) is 6.61 Å². The number of ether oxygens (including phenoxy) is 2. The van der Waals surface area contributed by atoms with Crippen molar-refractivity contribution < 1.29 is 14.3 Å². The van der Waals surface area contributed by atoms with E-state index in [1.807, 2.05) is 0 Å². The lowest BCUT2D eigenvalue weighted by Gasteiger charge is -2.31. The topological polar surface area (TPSA) is 48.4 Å². The van der Waals surface area contributed by atoms with Crippen LogP contribution in [0.2, 0.25) is 0 Å². The van der Waals surface area contributed by atoms with Crippen molar-refractivity contribution in [3.8, 4) is 11.6 Å². The zero-order valence-corrected chi connectivity index (χ0v) is 23.4. The molecule has 4 heteroatoms. The minimum absolute atomic E-state index is 0.0407. The molecule has 2 aliphatic carbocycles. The van der Waals surface area contributed by atoms with Crippen LogP contribution >= 0.6 is 0 Å². The van der Waals surface area contributed by atoms with E-state index in [9.17, 15) is 4.79 Å². The second-order valence-corrected chi connectivity index (χ2v) is 11.7. The number of esters is 1. The highest BCUT2D eigenvalue weighted by molar-refractivity contribution is 5.75. The molecule has 0 aliphatic heterocycles. The second-order valence-electron chi connectivity index (χ2n) is 11.7. The van der Waals surface area contributed by atoms with Crippen molar-refractivity contribution in [2.45, 2.75) is 136 Å². The molecule has 0 atom stereocenters. The van der Waals surface area contributed by atoms with Crippen LogP contribution in [0.3, 0.4) is 0 Å². The predicted molar refractivity (Wildman–Crippen MR) is 148 cm³/mol. The largest absolute Gasteiger partial charge is 0.478 e. The molecule has 4 nitrogen and oxygen atoms in total. The van der Waals surface area contributed by atoms with Crippen LogP contribution in [0.4, 0.5) is 0 Å². The summed E-state index contributed by atoms with van der Waals surface area (Å²) in [6.45, 7) is 5.16. The van der Waals surface area contributed by atoms with Crippen molar-refractivity contribution in [3.63, 3.8) is 0 Å². The van der Waals surface area contributed by atoms with Crippen molar-refractivity contribution in [1.82, 2.24) is 4.98 Å². The first-order valence-electron chi connectivity index (χ1n) is 15.5. The van der Waals surface area contributed by atoms with Gasteiger partial charge in [-0.15, -0.1) is 0 Å². The molecule has 204 valence electrons. The molecule has 1 aromatic heterocycles. The summed E-state index contributed by atoms with van der Waals surface area (Å²) in [5, 5.41) is 0. The highest BCUT2D eigenvalue weighted by Gasteiger charge is 2.29. The maximum absolute atomic E-state index is 12.7. The molecule has 1 heterocycles. The van der Waals surface area contributed by atoms with Gasteiger partial charge in [0.15, 0.2) is 0 Å². The maximum Gasteiger partial charge on any atom is 0.314 e. The van der Waals surface area contributed by atoms with Gasteiger partial charge < -0.3 is 9.47 Å². The van der Waals surface area contributed by atoms with Gasteiger partial charge in [-0.05, 0) is 55.9 Å². The molecule has 0 saturated heterocycles. The summed E-state index contributed by atoms with van der Waals surface area (Å²) < 4.78 is 11.3. The smallest absolute Gasteiger partial charge is 0.314 e. The Labute approximate surface area is 221 Å². The molecule has 0 unspecified atom stereocenters. The summed E-state index contributed by atoms with van der Waals surface area (Å²) in [7, 11) is 0. The fourth-order valence-corrected chi connectivity index (χ4v) is 6.24. The number of hydrogen-bond donors (Lipinski definition) is 0. The number of hydrogen-bond acceptors (Lipinski definition) is 4. The van der Waals surface area contributed by atoms with Crippen LogP contribution in [0.25, 0.3) is 0 Å². The molecule has 2 aliphatic rings. The fourth-order valence-electron chi connectivity index (χ4n) is 6.24. The van der Waals surface area contributed by atoms with Gasteiger partial charge in [0, 0.05) is 6.07 Å². The molecule has 0 spiro atoms. The molecule has 1 aromatic rings. The van der Waals surface area contributed by atoms with Gasteiger partial charge in [-0.2, -0.15) is 0 Å². The van der Waals surface area contributed by atoms with Gasteiger partial charge in [-0.1, -0.05) is 104 Å². The molecule has 0 radical (unpaired) electrons. The number of pyridine rings is 1. The molecular weight excluding hydrogens is 446 g/mol.